The van der Waals surface area contributed by atoms with Gasteiger partial charge in [-0.3, -0.25) is 10.1 Å². The molecule has 0 radical (unpaired) electrons. The standard InChI is InChI=1S/C12H17N3O3S/c1-8-7-13-11(19-8)14-10(18)15-12(6-9(16)17)4-2-3-5-12/h7H,2-6H2,1H3,(H,16,17)(H2,13,14,15,18). The van der Waals surface area contributed by atoms with Gasteiger partial charge >= 0.3 is 12.0 Å². The van der Waals surface area contributed by atoms with Crippen LogP contribution in [0.3, 0.4) is 0 Å². The van der Waals surface area contributed by atoms with Crippen LogP contribution >= 0.6 is 11.3 Å². The summed E-state index contributed by atoms with van der Waals surface area (Å²) >= 11 is 1.39. The van der Waals surface area contributed by atoms with Crippen LogP contribution in [0.2, 0.25) is 0 Å². The fraction of sp³-hybridized carbons (Fsp3) is 0.583. The SMILES string of the molecule is Cc1cnc(NC(=O)NC2(CC(=O)O)CCCC2)s1. The summed E-state index contributed by atoms with van der Waals surface area (Å²) in [5.41, 5.74) is -0.609. The molecule has 0 aromatic carbocycles. The van der Waals surface area contributed by atoms with Crippen LogP contribution in [0.15, 0.2) is 6.20 Å². The molecule has 0 unspecified atom stereocenters. The molecule has 7 heteroatoms. The Hall–Kier alpha value is -1.63. The Balaban J connectivity index is 1.97. The number of hydrogen-bond donors (Lipinski definition) is 3. The number of rotatable bonds is 4. The van der Waals surface area contributed by atoms with Crippen LogP contribution in [0.4, 0.5) is 9.93 Å². The average Bonchev–Trinajstić information content (AvgIpc) is 2.87. The highest BCUT2D eigenvalue weighted by Crippen LogP contribution is 2.32. The first-order valence-corrected chi connectivity index (χ1v) is 7.04. The predicted molar refractivity (Wildman–Crippen MR) is 72.5 cm³/mol. The van der Waals surface area contributed by atoms with Crippen molar-refractivity contribution in [3.8, 4) is 0 Å². The Bertz CT molecular complexity index is 480. The maximum absolute atomic E-state index is 11.9. The van der Waals surface area contributed by atoms with Gasteiger partial charge in [0.1, 0.15) is 0 Å². The van der Waals surface area contributed by atoms with Crippen molar-refractivity contribution in [2.24, 2.45) is 0 Å². The lowest BCUT2D eigenvalue weighted by Crippen LogP contribution is -2.49. The van der Waals surface area contributed by atoms with Gasteiger partial charge in [-0.2, -0.15) is 0 Å². The summed E-state index contributed by atoms with van der Waals surface area (Å²) in [6, 6.07) is -0.377. The number of hydrogen-bond acceptors (Lipinski definition) is 4. The van der Waals surface area contributed by atoms with Gasteiger partial charge in [0.25, 0.3) is 0 Å². The van der Waals surface area contributed by atoms with Crippen molar-refractivity contribution in [3.63, 3.8) is 0 Å². The largest absolute Gasteiger partial charge is 0.481 e. The second-order valence-corrected chi connectivity index (χ2v) is 6.15. The molecule has 0 aliphatic heterocycles. The van der Waals surface area contributed by atoms with Crippen molar-refractivity contribution in [2.45, 2.75) is 44.6 Å². The maximum atomic E-state index is 11.9. The van der Waals surface area contributed by atoms with E-state index >= 15 is 0 Å². The summed E-state index contributed by atoms with van der Waals surface area (Å²) < 4.78 is 0. The first kappa shape index (κ1) is 13.8. The van der Waals surface area contributed by atoms with Crippen molar-refractivity contribution >= 4 is 28.5 Å². The molecule has 104 valence electrons. The van der Waals surface area contributed by atoms with Crippen LogP contribution in [0.1, 0.15) is 37.0 Å². The second kappa shape index (κ2) is 5.56. The molecule has 1 aliphatic rings. The molecular formula is C12H17N3O3S. The quantitative estimate of drug-likeness (QED) is 0.791. The molecule has 3 N–H and O–H groups in total. The van der Waals surface area contributed by atoms with Gasteiger partial charge in [-0.1, -0.05) is 12.8 Å². The number of nitrogens with zero attached hydrogens (tertiary/aromatic N) is 1. The average molecular weight is 283 g/mol. The number of carbonyl (C=O) groups excluding carboxylic acids is 1. The summed E-state index contributed by atoms with van der Waals surface area (Å²) in [6.45, 7) is 1.91. The van der Waals surface area contributed by atoms with Crippen molar-refractivity contribution < 1.29 is 14.7 Å². The summed E-state index contributed by atoms with van der Waals surface area (Å²) in [5, 5.41) is 15.0. The lowest BCUT2D eigenvalue weighted by molar-refractivity contribution is -0.138. The number of anilines is 1. The van der Waals surface area contributed by atoms with Crippen molar-refractivity contribution in [1.82, 2.24) is 10.3 Å². The van der Waals surface area contributed by atoms with Crippen molar-refractivity contribution in [2.75, 3.05) is 5.32 Å². The molecule has 1 heterocycles. The van der Waals surface area contributed by atoms with Gasteiger partial charge in [0.15, 0.2) is 5.13 Å². The molecular weight excluding hydrogens is 266 g/mol. The molecule has 1 aromatic heterocycles. The summed E-state index contributed by atoms with van der Waals surface area (Å²) in [7, 11) is 0. The summed E-state index contributed by atoms with van der Waals surface area (Å²) in [4.78, 5) is 27.9. The normalized spacial score (nSPS) is 17.1. The molecule has 0 atom stereocenters. The zero-order chi connectivity index (χ0) is 13.9. The number of amides is 2. The van der Waals surface area contributed by atoms with Gasteiger partial charge in [0, 0.05) is 11.1 Å². The Kier molecular flexibility index (Phi) is 4.04. The van der Waals surface area contributed by atoms with E-state index in [0.29, 0.717) is 18.0 Å². The lowest BCUT2D eigenvalue weighted by Gasteiger charge is -2.28. The Labute approximate surface area is 115 Å². The minimum atomic E-state index is -0.882. The molecule has 6 nitrogen and oxygen atoms in total. The Morgan fingerprint density at radius 2 is 2.16 bits per heavy atom. The van der Waals surface area contributed by atoms with Gasteiger partial charge in [0.05, 0.1) is 12.0 Å². The molecule has 0 bridgehead atoms. The third kappa shape index (κ3) is 3.66. The van der Waals surface area contributed by atoms with Crippen LogP contribution in [0.5, 0.6) is 0 Å². The van der Waals surface area contributed by atoms with E-state index in [-0.39, 0.29) is 12.5 Å². The highest BCUT2D eigenvalue weighted by molar-refractivity contribution is 7.15. The number of nitrogens with one attached hydrogen (secondary N) is 2. The molecule has 1 fully saturated rings. The zero-order valence-corrected chi connectivity index (χ0v) is 11.5. The van der Waals surface area contributed by atoms with Crippen LogP contribution in [0.25, 0.3) is 0 Å². The fourth-order valence-corrected chi connectivity index (χ4v) is 3.13. The number of aliphatic carboxylic acids is 1. The van der Waals surface area contributed by atoms with Crippen molar-refractivity contribution in [3.05, 3.63) is 11.1 Å². The third-order valence-electron chi connectivity index (χ3n) is 3.27. The highest BCUT2D eigenvalue weighted by Gasteiger charge is 2.37. The molecule has 2 amide bonds. The topological polar surface area (TPSA) is 91.3 Å². The number of carbonyl (C=O) groups is 2. The number of aryl methyl sites for hydroxylation is 1. The second-order valence-electron chi connectivity index (χ2n) is 4.91. The van der Waals surface area contributed by atoms with E-state index in [9.17, 15) is 9.59 Å². The number of carboxylic acid groups (broad SMARTS) is 1. The van der Waals surface area contributed by atoms with Gasteiger partial charge in [0.2, 0.25) is 0 Å². The van der Waals surface area contributed by atoms with Gasteiger partial charge in [-0.05, 0) is 19.8 Å². The number of urea groups is 1. The number of thiazole rings is 1. The van der Waals surface area contributed by atoms with E-state index < -0.39 is 11.5 Å². The van der Waals surface area contributed by atoms with Gasteiger partial charge in [-0.15, -0.1) is 11.3 Å². The molecule has 0 spiro atoms. The smallest absolute Gasteiger partial charge is 0.321 e. The maximum Gasteiger partial charge on any atom is 0.321 e. The fourth-order valence-electron chi connectivity index (χ4n) is 2.47. The first-order valence-electron chi connectivity index (χ1n) is 6.22. The van der Waals surface area contributed by atoms with E-state index in [2.05, 4.69) is 15.6 Å². The van der Waals surface area contributed by atoms with Gasteiger partial charge in [-0.25, -0.2) is 9.78 Å². The van der Waals surface area contributed by atoms with E-state index in [0.717, 1.165) is 17.7 Å². The predicted octanol–water partition coefficient (Wildman–Crippen LogP) is 2.36. The van der Waals surface area contributed by atoms with Crippen LogP contribution in [0, 0.1) is 6.92 Å². The van der Waals surface area contributed by atoms with E-state index in [1.54, 1.807) is 6.20 Å². The Morgan fingerprint density at radius 3 is 2.68 bits per heavy atom. The van der Waals surface area contributed by atoms with E-state index in [1.165, 1.54) is 11.3 Å². The monoisotopic (exact) mass is 283 g/mol. The summed E-state index contributed by atoms with van der Waals surface area (Å²) in [6.07, 6.45) is 4.97. The van der Waals surface area contributed by atoms with Crippen LogP contribution in [-0.4, -0.2) is 27.6 Å². The van der Waals surface area contributed by atoms with Gasteiger partial charge < -0.3 is 10.4 Å². The molecule has 1 saturated carbocycles. The van der Waals surface area contributed by atoms with Crippen LogP contribution < -0.4 is 10.6 Å². The minimum absolute atomic E-state index is 0.0304. The van der Waals surface area contributed by atoms with E-state index in [4.69, 9.17) is 5.11 Å². The first-order chi connectivity index (χ1) is 8.99. The minimum Gasteiger partial charge on any atom is -0.481 e. The molecule has 2 rings (SSSR count). The van der Waals surface area contributed by atoms with Crippen LogP contribution in [-0.2, 0) is 4.79 Å². The molecule has 1 aliphatic carbocycles. The number of aromatic nitrogens is 1. The number of carboxylic acids is 1. The molecule has 1 aromatic rings. The summed E-state index contributed by atoms with van der Waals surface area (Å²) in [5.74, 6) is -0.882. The molecule has 0 saturated heterocycles. The zero-order valence-electron chi connectivity index (χ0n) is 10.7. The lowest BCUT2D eigenvalue weighted by atomic mass is 9.93. The highest BCUT2D eigenvalue weighted by atomic mass is 32.1. The Morgan fingerprint density at radius 1 is 1.47 bits per heavy atom. The molecule has 19 heavy (non-hydrogen) atoms. The van der Waals surface area contributed by atoms with Crippen molar-refractivity contribution in [1.29, 1.82) is 0 Å². The third-order valence-corrected chi connectivity index (χ3v) is 4.10. The van der Waals surface area contributed by atoms with E-state index in [1.807, 2.05) is 6.92 Å².